The van der Waals surface area contributed by atoms with Crippen LogP contribution in [0.4, 0.5) is 0 Å². The summed E-state index contributed by atoms with van der Waals surface area (Å²) in [6, 6.07) is 17.4. The summed E-state index contributed by atoms with van der Waals surface area (Å²) < 4.78 is 0. The van der Waals surface area contributed by atoms with Gasteiger partial charge in [0, 0.05) is 33.6 Å². The summed E-state index contributed by atoms with van der Waals surface area (Å²) in [5.74, 6) is -1.09. The summed E-state index contributed by atoms with van der Waals surface area (Å²) in [5, 5.41) is 0. The number of aromatic nitrogens is 4. The molecule has 8 heteroatoms. The predicted molar refractivity (Wildman–Crippen MR) is 143 cm³/mol. The molecular weight excluding hydrogens is 480 g/mol. The highest BCUT2D eigenvalue weighted by atomic mass is 16.2. The highest BCUT2D eigenvalue weighted by molar-refractivity contribution is 6.42. The predicted octanol–water partition coefficient (Wildman–Crippen LogP) is 5.38. The number of Topliss-reactive ketones (excluding diaryl/α,β-unsaturated/α-hetero) is 4. The molecule has 0 atom stereocenters. The van der Waals surface area contributed by atoms with Crippen molar-refractivity contribution in [3.63, 3.8) is 0 Å². The van der Waals surface area contributed by atoms with E-state index in [1.807, 2.05) is 12.1 Å². The van der Waals surface area contributed by atoms with Gasteiger partial charge in [-0.25, -0.2) is 0 Å². The Hall–Kier alpha value is -5.50. The van der Waals surface area contributed by atoms with E-state index in [-0.39, 0.29) is 34.3 Å². The van der Waals surface area contributed by atoms with Crippen LogP contribution in [0.25, 0.3) is 45.3 Å². The molecule has 0 unspecified atom stereocenters. The van der Waals surface area contributed by atoms with Crippen LogP contribution in [-0.4, -0.2) is 43.1 Å². The van der Waals surface area contributed by atoms with Crippen molar-refractivity contribution in [3.8, 4) is 0 Å². The maximum atomic E-state index is 12.8. The van der Waals surface area contributed by atoms with Gasteiger partial charge in [0.05, 0.1) is 44.2 Å². The van der Waals surface area contributed by atoms with Crippen LogP contribution in [0, 0.1) is 0 Å². The minimum absolute atomic E-state index is 0.140. The number of ketones is 4. The molecule has 2 aliphatic carbocycles. The number of benzene rings is 2. The average molecular weight is 496 g/mol. The molecule has 8 rings (SSSR count). The number of fused-ring (bicyclic) bond motifs is 7. The number of nitrogens with one attached hydrogen (secondary N) is 4. The van der Waals surface area contributed by atoms with Crippen molar-refractivity contribution >= 4 is 68.4 Å². The molecule has 4 N–H and O–H groups in total. The van der Waals surface area contributed by atoms with Gasteiger partial charge in [-0.2, -0.15) is 0 Å². The molecule has 0 fully saturated rings. The average Bonchev–Trinajstić information content (AvgIpc) is 3.73. The van der Waals surface area contributed by atoms with Crippen molar-refractivity contribution in [1.29, 1.82) is 0 Å². The first-order valence-electron chi connectivity index (χ1n) is 12.0. The van der Waals surface area contributed by atoms with Crippen LogP contribution in [-0.2, 0) is 0 Å². The van der Waals surface area contributed by atoms with Gasteiger partial charge in [0.15, 0.2) is 23.1 Å². The monoisotopic (exact) mass is 496 g/mol. The second kappa shape index (κ2) is 7.04. The van der Waals surface area contributed by atoms with Crippen molar-refractivity contribution in [2.75, 3.05) is 0 Å². The van der Waals surface area contributed by atoms with Crippen molar-refractivity contribution in [2.45, 2.75) is 0 Å². The van der Waals surface area contributed by atoms with Gasteiger partial charge >= 0.3 is 0 Å². The smallest absolute Gasteiger partial charge is 0.197 e. The molecule has 6 aromatic rings. The minimum atomic E-state index is -0.272. The molecule has 0 saturated heterocycles. The van der Waals surface area contributed by atoms with Gasteiger partial charge in [-0.15, -0.1) is 0 Å². The lowest BCUT2D eigenvalue weighted by molar-refractivity contribution is 0.0975. The number of aromatic amines is 4. The molecule has 0 amide bonds. The van der Waals surface area contributed by atoms with Crippen LogP contribution in [0.5, 0.6) is 0 Å². The summed E-state index contributed by atoms with van der Waals surface area (Å²) in [6.07, 6.45) is 3.19. The molecule has 4 heterocycles. The van der Waals surface area contributed by atoms with Gasteiger partial charge in [0.2, 0.25) is 0 Å². The SMILES string of the molecule is O=C1C(=Cc2cc3[nH]c4c5[nH]c(C=C6C(=O)c7ccccc7C6=O)cc5[nH]c4c3[nH]2)C(=O)c2ccccc21. The number of carbonyl (C=O) groups excluding carboxylic acids is 4. The van der Waals surface area contributed by atoms with Gasteiger partial charge in [-0.05, 0) is 24.3 Å². The number of rotatable bonds is 2. The molecule has 38 heavy (non-hydrogen) atoms. The topological polar surface area (TPSA) is 131 Å². The van der Waals surface area contributed by atoms with E-state index in [0.29, 0.717) is 33.6 Å². The first-order chi connectivity index (χ1) is 18.5. The lowest BCUT2D eigenvalue weighted by Crippen LogP contribution is -2.00. The van der Waals surface area contributed by atoms with Crippen molar-refractivity contribution in [3.05, 3.63) is 105 Å². The zero-order valence-electron chi connectivity index (χ0n) is 19.6. The maximum absolute atomic E-state index is 12.8. The van der Waals surface area contributed by atoms with Crippen LogP contribution >= 0.6 is 0 Å². The molecular formula is C30H16N4O4. The van der Waals surface area contributed by atoms with E-state index in [9.17, 15) is 19.2 Å². The Morgan fingerprint density at radius 2 is 0.789 bits per heavy atom. The number of H-pyrrole nitrogens is 4. The third kappa shape index (κ3) is 2.63. The highest BCUT2D eigenvalue weighted by Crippen LogP contribution is 2.34. The van der Waals surface area contributed by atoms with Crippen molar-refractivity contribution in [2.24, 2.45) is 0 Å². The first-order valence-corrected chi connectivity index (χ1v) is 12.0. The quantitative estimate of drug-likeness (QED) is 0.189. The van der Waals surface area contributed by atoms with Crippen LogP contribution in [0.3, 0.4) is 0 Å². The number of hydrogen-bond donors (Lipinski definition) is 4. The number of carbonyl (C=O) groups is 4. The van der Waals surface area contributed by atoms with Gasteiger partial charge in [0.25, 0.3) is 0 Å². The van der Waals surface area contributed by atoms with E-state index in [0.717, 1.165) is 33.1 Å². The van der Waals surface area contributed by atoms with Gasteiger partial charge in [0.1, 0.15) is 0 Å². The van der Waals surface area contributed by atoms with Crippen LogP contribution in [0.15, 0.2) is 71.8 Å². The summed E-state index contributed by atoms with van der Waals surface area (Å²) in [5.41, 5.74) is 8.16. The first kappa shape index (κ1) is 20.7. The molecule has 2 aliphatic rings. The fraction of sp³-hybridized carbons (Fsp3) is 0. The lowest BCUT2D eigenvalue weighted by Gasteiger charge is -1.93. The van der Waals surface area contributed by atoms with Crippen molar-refractivity contribution < 1.29 is 19.2 Å². The third-order valence-corrected chi connectivity index (χ3v) is 7.36. The molecule has 0 radical (unpaired) electrons. The Kier molecular flexibility index (Phi) is 3.83. The maximum Gasteiger partial charge on any atom is 0.197 e. The molecule has 0 saturated carbocycles. The normalized spacial score (nSPS) is 14.9. The van der Waals surface area contributed by atoms with E-state index >= 15 is 0 Å². The molecule has 0 spiro atoms. The Morgan fingerprint density at radius 1 is 0.447 bits per heavy atom. The second-order valence-corrected chi connectivity index (χ2v) is 9.55. The van der Waals surface area contributed by atoms with Crippen LogP contribution in [0.1, 0.15) is 52.8 Å². The summed E-state index contributed by atoms with van der Waals surface area (Å²) in [6.45, 7) is 0. The molecule has 2 aromatic carbocycles. The zero-order valence-corrected chi connectivity index (χ0v) is 19.6. The van der Waals surface area contributed by atoms with Gasteiger partial charge in [-0.1, -0.05) is 48.5 Å². The van der Waals surface area contributed by atoms with Crippen molar-refractivity contribution in [1.82, 2.24) is 19.9 Å². The van der Waals surface area contributed by atoms with E-state index in [4.69, 9.17) is 0 Å². The molecule has 4 aromatic heterocycles. The molecule has 180 valence electrons. The Morgan fingerprint density at radius 3 is 1.13 bits per heavy atom. The summed E-state index contributed by atoms with van der Waals surface area (Å²) in [4.78, 5) is 64.4. The molecule has 0 bridgehead atoms. The molecule has 8 nitrogen and oxygen atoms in total. The van der Waals surface area contributed by atoms with E-state index in [1.54, 1.807) is 60.7 Å². The second-order valence-electron chi connectivity index (χ2n) is 9.55. The van der Waals surface area contributed by atoms with Crippen LogP contribution < -0.4 is 0 Å². The minimum Gasteiger partial charge on any atom is -0.352 e. The van der Waals surface area contributed by atoms with E-state index in [1.165, 1.54) is 0 Å². The number of hydrogen-bond acceptors (Lipinski definition) is 4. The third-order valence-electron chi connectivity index (χ3n) is 7.36. The Labute approximate surface area is 213 Å². The summed E-state index contributed by atoms with van der Waals surface area (Å²) >= 11 is 0. The van der Waals surface area contributed by atoms with E-state index in [2.05, 4.69) is 19.9 Å². The van der Waals surface area contributed by atoms with Gasteiger partial charge in [-0.3, -0.25) is 19.2 Å². The lowest BCUT2D eigenvalue weighted by atomic mass is 10.1. The zero-order chi connectivity index (χ0) is 25.7. The van der Waals surface area contributed by atoms with Crippen LogP contribution in [0.2, 0.25) is 0 Å². The number of allylic oxidation sites excluding steroid dienone is 2. The largest absolute Gasteiger partial charge is 0.352 e. The fourth-order valence-corrected chi connectivity index (χ4v) is 5.59. The van der Waals surface area contributed by atoms with Gasteiger partial charge < -0.3 is 19.9 Å². The highest BCUT2D eigenvalue weighted by Gasteiger charge is 2.33. The Bertz CT molecular complexity index is 1930. The summed E-state index contributed by atoms with van der Waals surface area (Å²) in [7, 11) is 0. The molecule has 0 aliphatic heterocycles. The standard InChI is InChI=1S/C30H16N4O4/c35-27-15-5-1-2-6-16(15)28(36)19(27)9-13-11-21-23(31-13)25-26(33-21)24-22(34-25)12-14(32-24)10-20-29(37)17-7-3-4-8-18(17)30(20)38/h1-12,31-34H. The Balaban J connectivity index is 1.17. The van der Waals surface area contributed by atoms with E-state index < -0.39 is 0 Å². The fourth-order valence-electron chi connectivity index (χ4n) is 5.59.